The number of likely N-dealkylation sites (N-methyl/N-ethyl adjacent to an activating group) is 1. The highest BCUT2D eigenvalue weighted by atomic mass is 16.2. The van der Waals surface area contributed by atoms with Gasteiger partial charge in [0.25, 0.3) is 0 Å². The molecule has 2 heterocycles. The van der Waals surface area contributed by atoms with E-state index >= 15 is 0 Å². The fourth-order valence-corrected chi connectivity index (χ4v) is 2.34. The Hall–Kier alpha value is -0.610. The Morgan fingerprint density at radius 1 is 1.20 bits per heavy atom. The van der Waals surface area contributed by atoms with Gasteiger partial charge in [-0.1, -0.05) is 0 Å². The summed E-state index contributed by atoms with van der Waals surface area (Å²) < 4.78 is 0. The lowest BCUT2D eigenvalue weighted by atomic mass is 9.99. The van der Waals surface area contributed by atoms with Gasteiger partial charge in [-0.2, -0.15) is 0 Å². The van der Waals surface area contributed by atoms with Gasteiger partial charge >= 0.3 is 0 Å². The maximum Gasteiger partial charge on any atom is 0.219 e. The van der Waals surface area contributed by atoms with Crippen molar-refractivity contribution in [3.63, 3.8) is 0 Å². The predicted molar refractivity (Wildman–Crippen MR) is 59.7 cm³/mol. The van der Waals surface area contributed by atoms with Gasteiger partial charge in [0.2, 0.25) is 5.91 Å². The highest BCUT2D eigenvalue weighted by Crippen LogP contribution is 2.17. The molecule has 0 bridgehead atoms. The Morgan fingerprint density at radius 3 is 2.33 bits per heavy atom. The largest absolute Gasteiger partial charge is 0.342 e. The number of piperazine rings is 1. The van der Waals surface area contributed by atoms with Crippen molar-refractivity contribution in [2.75, 3.05) is 52.9 Å². The van der Waals surface area contributed by atoms with Gasteiger partial charge in [-0.15, -0.1) is 0 Å². The number of amides is 1. The summed E-state index contributed by atoms with van der Waals surface area (Å²) in [6, 6.07) is 0. The lowest BCUT2D eigenvalue weighted by Gasteiger charge is -2.42. The highest BCUT2D eigenvalue weighted by molar-refractivity contribution is 5.74. The third-order valence-electron chi connectivity index (χ3n) is 3.51. The zero-order valence-electron chi connectivity index (χ0n) is 9.78. The van der Waals surface area contributed by atoms with Crippen molar-refractivity contribution in [1.82, 2.24) is 14.7 Å². The molecule has 4 heteroatoms. The molecule has 0 aromatic carbocycles. The molecule has 2 fully saturated rings. The maximum atomic E-state index is 11.0. The van der Waals surface area contributed by atoms with Gasteiger partial charge in [-0.05, 0) is 7.05 Å². The number of hydrogen-bond acceptors (Lipinski definition) is 3. The van der Waals surface area contributed by atoms with Crippen LogP contribution in [0.2, 0.25) is 0 Å². The van der Waals surface area contributed by atoms with Crippen molar-refractivity contribution >= 4 is 5.91 Å². The average molecular weight is 211 g/mol. The van der Waals surface area contributed by atoms with Crippen molar-refractivity contribution in [1.29, 1.82) is 0 Å². The minimum Gasteiger partial charge on any atom is -0.342 e. The molecule has 2 saturated heterocycles. The molecule has 0 spiro atoms. The molecule has 0 aromatic rings. The number of rotatable bonds is 2. The third kappa shape index (κ3) is 2.69. The molecule has 1 amide bonds. The quantitative estimate of drug-likeness (QED) is 0.628. The lowest BCUT2D eigenvalue weighted by molar-refractivity contribution is -0.135. The van der Waals surface area contributed by atoms with Crippen molar-refractivity contribution < 1.29 is 4.79 Å². The molecule has 4 nitrogen and oxygen atoms in total. The predicted octanol–water partition coefficient (Wildman–Crippen LogP) is -0.288. The van der Waals surface area contributed by atoms with Crippen LogP contribution in [0.5, 0.6) is 0 Å². The second-order valence-corrected chi connectivity index (χ2v) is 4.89. The summed E-state index contributed by atoms with van der Waals surface area (Å²) in [6.07, 6.45) is 0. The van der Waals surface area contributed by atoms with E-state index in [4.69, 9.17) is 0 Å². The Bertz CT molecular complexity index is 230. The molecule has 86 valence electrons. The van der Waals surface area contributed by atoms with Crippen LogP contribution in [0.1, 0.15) is 6.92 Å². The summed E-state index contributed by atoms with van der Waals surface area (Å²) in [6.45, 7) is 9.53. The number of carbonyl (C=O) groups excluding carboxylic acids is 1. The first-order valence-corrected chi connectivity index (χ1v) is 5.81. The van der Waals surface area contributed by atoms with E-state index in [0.717, 1.165) is 19.0 Å². The minimum absolute atomic E-state index is 0.227. The number of likely N-dealkylation sites (tertiary alicyclic amines) is 1. The second kappa shape index (κ2) is 4.49. The van der Waals surface area contributed by atoms with Gasteiger partial charge in [0.15, 0.2) is 0 Å². The van der Waals surface area contributed by atoms with Gasteiger partial charge in [-0.25, -0.2) is 0 Å². The summed E-state index contributed by atoms with van der Waals surface area (Å²) in [4.78, 5) is 17.8. The van der Waals surface area contributed by atoms with Crippen LogP contribution in [0, 0.1) is 5.92 Å². The summed E-state index contributed by atoms with van der Waals surface area (Å²) in [5, 5.41) is 0. The first-order chi connectivity index (χ1) is 7.15. The summed E-state index contributed by atoms with van der Waals surface area (Å²) in [5.41, 5.74) is 0. The van der Waals surface area contributed by atoms with Gasteiger partial charge in [-0.3, -0.25) is 4.79 Å². The summed E-state index contributed by atoms with van der Waals surface area (Å²) >= 11 is 0. The van der Waals surface area contributed by atoms with Gasteiger partial charge in [0.05, 0.1) is 0 Å². The van der Waals surface area contributed by atoms with Crippen LogP contribution in [0.4, 0.5) is 0 Å². The van der Waals surface area contributed by atoms with Gasteiger partial charge in [0.1, 0.15) is 0 Å². The molecular formula is C11H21N3O. The van der Waals surface area contributed by atoms with Crippen molar-refractivity contribution in [2.45, 2.75) is 6.92 Å². The minimum atomic E-state index is 0.227. The van der Waals surface area contributed by atoms with Crippen LogP contribution >= 0.6 is 0 Å². The van der Waals surface area contributed by atoms with E-state index in [-0.39, 0.29) is 5.91 Å². The first kappa shape index (κ1) is 10.9. The molecular weight excluding hydrogens is 190 g/mol. The van der Waals surface area contributed by atoms with Crippen LogP contribution in [0.25, 0.3) is 0 Å². The Kier molecular flexibility index (Phi) is 3.26. The standard InChI is InChI=1S/C11H21N3O/c1-10(15)14-8-11(9-14)7-13-5-3-12(2)4-6-13/h11H,3-9H2,1-2H3. The van der Waals surface area contributed by atoms with Crippen LogP contribution in [0.15, 0.2) is 0 Å². The Labute approximate surface area is 91.8 Å². The Morgan fingerprint density at radius 2 is 1.80 bits per heavy atom. The van der Waals surface area contributed by atoms with Crippen LogP contribution in [-0.4, -0.2) is 73.5 Å². The zero-order chi connectivity index (χ0) is 10.8. The molecule has 0 aromatic heterocycles. The molecule has 0 saturated carbocycles. The normalized spacial score (nSPS) is 25.3. The fraction of sp³-hybridized carbons (Fsp3) is 0.909. The zero-order valence-corrected chi connectivity index (χ0v) is 9.78. The van der Waals surface area contributed by atoms with Crippen LogP contribution < -0.4 is 0 Å². The summed E-state index contributed by atoms with van der Waals surface area (Å²) in [7, 11) is 2.18. The molecule has 0 unspecified atom stereocenters. The van der Waals surface area contributed by atoms with E-state index in [1.165, 1.54) is 32.7 Å². The SMILES string of the molecule is CC(=O)N1CC(CN2CCN(C)CC2)C1. The van der Waals surface area contributed by atoms with Crippen LogP contribution in [-0.2, 0) is 4.79 Å². The second-order valence-electron chi connectivity index (χ2n) is 4.89. The van der Waals surface area contributed by atoms with E-state index in [1.54, 1.807) is 6.92 Å². The topological polar surface area (TPSA) is 26.8 Å². The molecule has 15 heavy (non-hydrogen) atoms. The Balaban J connectivity index is 1.65. The number of nitrogens with zero attached hydrogens (tertiary/aromatic N) is 3. The van der Waals surface area contributed by atoms with E-state index in [1.807, 2.05) is 4.90 Å². The van der Waals surface area contributed by atoms with E-state index < -0.39 is 0 Å². The van der Waals surface area contributed by atoms with E-state index in [0.29, 0.717) is 0 Å². The smallest absolute Gasteiger partial charge is 0.219 e. The van der Waals surface area contributed by atoms with Crippen molar-refractivity contribution in [2.24, 2.45) is 5.92 Å². The highest BCUT2D eigenvalue weighted by Gasteiger charge is 2.30. The van der Waals surface area contributed by atoms with Gasteiger partial charge in [0, 0.05) is 58.7 Å². The van der Waals surface area contributed by atoms with Crippen molar-refractivity contribution in [3.8, 4) is 0 Å². The molecule has 2 rings (SSSR count). The summed E-state index contributed by atoms with van der Waals surface area (Å²) in [5.74, 6) is 0.946. The molecule has 2 aliphatic heterocycles. The van der Waals surface area contributed by atoms with Crippen molar-refractivity contribution in [3.05, 3.63) is 0 Å². The molecule has 0 radical (unpaired) electrons. The van der Waals surface area contributed by atoms with Crippen LogP contribution in [0.3, 0.4) is 0 Å². The number of hydrogen-bond donors (Lipinski definition) is 0. The average Bonchev–Trinajstić information content (AvgIpc) is 2.13. The monoisotopic (exact) mass is 211 g/mol. The number of carbonyl (C=O) groups is 1. The van der Waals surface area contributed by atoms with E-state index in [9.17, 15) is 4.79 Å². The fourth-order valence-electron chi connectivity index (χ4n) is 2.34. The van der Waals surface area contributed by atoms with E-state index in [2.05, 4.69) is 16.8 Å². The molecule has 0 aliphatic carbocycles. The molecule has 0 N–H and O–H groups in total. The molecule has 2 aliphatic rings. The third-order valence-corrected chi connectivity index (χ3v) is 3.51. The maximum absolute atomic E-state index is 11.0. The van der Waals surface area contributed by atoms with Gasteiger partial charge < -0.3 is 14.7 Å². The first-order valence-electron chi connectivity index (χ1n) is 5.81. The molecule has 0 atom stereocenters. The lowest BCUT2D eigenvalue weighted by Crippen LogP contribution is -2.55.